The average Bonchev–Trinajstić information content (AvgIpc) is 2.10. The third kappa shape index (κ3) is 3.51. The lowest BCUT2D eigenvalue weighted by Crippen LogP contribution is -2.29. The highest BCUT2D eigenvalue weighted by Crippen LogP contribution is 2.38. The molecule has 0 saturated heterocycles. The molecule has 1 rings (SSSR count). The molecule has 16 heavy (non-hydrogen) atoms. The second-order valence-corrected chi connectivity index (χ2v) is 10.6. The summed E-state index contributed by atoms with van der Waals surface area (Å²) >= 11 is 0. The monoisotopic (exact) mass is 238 g/mol. The molecule has 0 bridgehead atoms. The molecule has 0 radical (unpaired) electrons. The van der Waals surface area contributed by atoms with Gasteiger partial charge in [0.2, 0.25) is 8.32 Å². The maximum absolute atomic E-state index is 6.22. The molecule has 92 valence electrons. The summed E-state index contributed by atoms with van der Waals surface area (Å²) in [5, 5.41) is 0. The summed E-state index contributed by atoms with van der Waals surface area (Å²) in [5.74, 6) is 2.51. The van der Waals surface area contributed by atoms with Gasteiger partial charge in [-0.25, -0.2) is 0 Å². The van der Waals surface area contributed by atoms with E-state index in [1.807, 2.05) is 0 Å². The second kappa shape index (κ2) is 4.78. The topological polar surface area (TPSA) is 9.23 Å². The standard InChI is InChI=1S/C14H26OSi/c1-10(2)13-8-11(3)12(4)14(9-13)15-16(5,6)7/h11,13H,1,8-9H2,2-7H3. The third-order valence-electron chi connectivity index (χ3n) is 3.38. The van der Waals surface area contributed by atoms with Gasteiger partial charge in [0.1, 0.15) is 0 Å². The van der Waals surface area contributed by atoms with Crippen LogP contribution >= 0.6 is 0 Å². The summed E-state index contributed by atoms with van der Waals surface area (Å²) in [4.78, 5) is 0. The van der Waals surface area contributed by atoms with Crippen LogP contribution in [-0.4, -0.2) is 8.32 Å². The van der Waals surface area contributed by atoms with Crippen LogP contribution in [0.15, 0.2) is 23.5 Å². The fraction of sp³-hybridized carbons (Fsp3) is 0.714. The van der Waals surface area contributed by atoms with Gasteiger partial charge in [-0.05, 0) is 57.3 Å². The largest absolute Gasteiger partial charge is 0.547 e. The van der Waals surface area contributed by atoms with E-state index in [9.17, 15) is 0 Å². The Labute approximate surface area is 102 Å². The highest BCUT2D eigenvalue weighted by atomic mass is 28.4. The van der Waals surface area contributed by atoms with Crippen molar-refractivity contribution in [1.82, 2.24) is 0 Å². The van der Waals surface area contributed by atoms with E-state index in [1.54, 1.807) is 0 Å². The predicted octanol–water partition coefficient (Wildman–Crippen LogP) is 4.73. The van der Waals surface area contributed by atoms with E-state index >= 15 is 0 Å². The molecule has 0 aromatic rings. The van der Waals surface area contributed by atoms with E-state index < -0.39 is 8.32 Å². The van der Waals surface area contributed by atoms with E-state index in [-0.39, 0.29) is 0 Å². The molecule has 0 aliphatic heterocycles. The Hall–Kier alpha value is -0.503. The molecule has 0 heterocycles. The Bertz CT molecular complexity index is 309. The Morgan fingerprint density at radius 2 is 1.94 bits per heavy atom. The van der Waals surface area contributed by atoms with Crippen molar-refractivity contribution in [1.29, 1.82) is 0 Å². The molecule has 1 aliphatic rings. The Morgan fingerprint density at radius 3 is 2.38 bits per heavy atom. The van der Waals surface area contributed by atoms with Crippen molar-refractivity contribution >= 4 is 8.32 Å². The quantitative estimate of drug-likeness (QED) is 0.510. The van der Waals surface area contributed by atoms with Gasteiger partial charge in [0.15, 0.2) is 0 Å². The van der Waals surface area contributed by atoms with Gasteiger partial charge >= 0.3 is 0 Å². The minimum Gasteiger partial charge on any atom is -0.547 e. The molecule has 1 aliphatic carbocycles. The van der Waals surface area contributed by atoms with Crippen molar-refractivity contribution in [3.63, 3.8) is 0 Å². The highest BCUT2D eigenvalue weighted by molar-refractivity contribution is 6.70. The number of hydrogen-bond donors (Lipinski definition) is 0. The number of rotatable bonds is 3. The fourth-order valence-corrected chi connectivity index (χ4v) is 3.20. The molecule has 0 spiro atoms. The summed E-state index contributed by atoms with van der Waals surface area (Å²) < 4.78 is 6.22. The number of allylic oxidation sites excluding steroid dienone is 3. The van der Waals surface area contributed by atoms with E-state index in [4.69, 9.17) is 4.43 Å². The zero-order chi connectivity index (χ0) is 12.5. The molecule has 0 fully saturated rings. The van der Waals surface area contributed by atoms with Crippen LogP contribution in [0, 0.1) is 11.8 Å². The normalized spacial score (nSPS) is 26.9. The van der Waals surface area contributed by atoms with Crippen molar-refractivity contribution in [3.05, 3.63) is 23.5 Å². The summed E-state index contributed by atoms with van der Waals surface area (Å²) in [6, 6.07) is 0. The minimum atomic E-state index is -1.47. The van der Waals surface area contributed by atoms with E-state index in [2.05, 4.69) is 47.0 Å². The molecule has 1 nitrogen and oxygen atoms in total. The van der Waals surface area contributed by atoms with Gasteiger partial charge in [-0.3, -0.25) is 0 Å². The van der Waals surface area contributed by atoms with E-state index in [0.29, 0.717) is 11.8 Å². The first-order valence-corrected chi connectivity index (χ1v) is 9.65. The minimum absolute atomic E-state index is 0.616. The number of hydrogen-bond acceptors (Lipinski definition) is 1. The zero-order valence-electron chi connectivity index (χ0n) is 11.7. The Morgan fingerprint density at radius 1 is 1.38 bits per heavy atom. The lowest BCUT2D eigenvalue weighted by molar-refractivity contribution is 0.312. The molecular weight excluding hydrogens is 212 g/mol. The van der Waals surface area contributed by atoms with Crippen LogP contribution < -0.4 is 0 Å². The lowest BCUT2D eigenvalue weighted by Gasteiger charge is -2.34. The van der Waals surface area contributed by atoms with Crippen LogP contribution in [0.5, 0.6) is 0 Å². The molecular formula is C14H26OSi. The SMILES string of the molecule is C=C(C)C1CC(O[Si](C)(C)C)=C(C)C(C)C1. The first-order chi connectivity index (χ1) is 7.20. The summed E-state index contributed by atoms with van der Waals surface area (Å²) in [6.07, 6.45) is 2.30. The third-order valence-corrected chi connectivity index (χ3v) is 4.23. The van der Waals surface area contributed by atoms with Crippen molar-refractivity contribution in [3.8, 4) is 0 Å². The molecule has 0 amide bonds. The van der Waals surface area contributed by atoms with Crippen LogP contribution in [0.3, 0.4) is 0 Å². The van der Waals surface area contributed by atoms with Crippen molar-refractivity contribution in [2.75, 3.05) is 0 Å². The van der Waals surface area contributed by atoms with E-state index in [1.165, 1.54) is 23.3 Å². The van der Waals surface area contributed by atoms with E-state index in [0.717, 1.165) is 6.42 Å². The Balaban J connectivity index is 2.87. The van der Waals surface area contributed by atoms with Gasteiger partial charge in [0.25, 0.3) is 0 Å². The molecule has 0 saturated carbocycles. The van der Waals surface area contributed by atoms with Gasteiger partial charge in [0.05, 0.1) is 5.76 Å². The van der Waals surface area contributed by atoms with Gasteiger partial charge < -0.3 is 4.43 Å². The zero-order valence-corrected chi connectivity index (χ0v) is 12.7. The molecule has 2 unspecified atom stereocenters. The first-order valence-electron chi connectivity index (χ1n) is 6.24. The van der Waals surface area contributed by atoms with Gasteiger partial charge in [-0.1, -0.05) is 19.1 Å². The molecule has 0 N–H and O–H groups in total. The van der Waals surface area contributed by atoms with Crippen molar-refractivity contribution < 1.29 is 4.43 Å². The van der Waals surface area contributed by atoms with Crippen LogP contribution in [0.25, 0.3) is 0 Å². The highest BCUT2D eigenvalue weighted by Gasteiger charge is 2.28. The maximum atomic E-state index is 6.22. The van der Waals surface area contributed by atoms with Crippen molar-refractivity contribution in [2.24, 2.45) is 11.8 Å². The van der Waals surface area contributed by atoms with Crippen molar-refractivity contribution in [2.45, 2.75) is 53.3 Å². The summed E-state index contributed by atoms with van der Waals surface area (Å²) in [5.41, 5.74) is 2.76. The molecule has 2 heteroatoms. The van der Waals surface area contributed by atoms with Crippen LogP contribution in [0.4, 0.5) is 0 Å². The Kier molecular flexibility index (Phi) is 4.05. The van der Waals surface area contributed by atoms with Gasteiger partial charge in [0, 0.05) is 6.42 Å². The van der Waals surface area contributed by atoms with Gasteiger partial charge in [-0.15, -0.1) is 0 Å². The lowest BCUT2D eigenvalue weighted by atomic mass is 9.79. The van der Waals surface area contributed by atoms with Crippen LogP contribution in [0.1, 0.15) is 33.6 Å². The molecule has 0 aromatic heterocycles. The summed E-state index contributed by atoms with van der Waals surface area (Å²) in [7, 11) is -1.47. The smallest absolute Gasteiger partial charge is 0.241 e. The molecule has 0 aromatic carbocycles. The van der Waals surface area contributed by atoms with Crippen LogP contribution in [0.2, 0.25) is 19.6 Å². The second-order valence-electron chi connectivity index (χ2n) is 6.20. The fourth-order valence-electron chi connectivity index (χ4n) is 2.21. The first kappa shape index (κ1) is 13.6. The summed E-state index contributed by atoms with van der Waals surface area (Å²) in [6.45, 7) is 17.5. The average molecular weight is 238 g/mol. The predicted molar refractivity (Wildman–Crippen MR) is 73.8 cm³/mol. The molecule has 2 atom stereocenters. The van der Waals surface area contributed by atoms with Gasteiger partial charge in [-0.2, -0.15) is 0 Å². The maximum Gasteiger partial charge on any atom is 0.241 e. The van der Waals surface area contributed by atoms with Crippen LogP contribution in [-0.2, 0) is 4.43 Å².